The molecule has 0 unspecified atom stereocenters. The highest BCUT2D eigenvalue weighted by Crippen LogP contribution is 2.35. The van der Waals surface area contributed by atoms with Gasteiger partial charge in [-0.15, -0.1) is 0 Å². The Balaban J connectivity index is 0.000000157. The van der Waals surface area contributed by atoms with Gasteiger partial charge in [0.05, 0.1) is 36.3 Å². The third-order valence-corrected chi connectivity index (χ3v) is 15.1. The predicted octanol–water partition coefficient (Wildman–Crippen LogP) is 8.44. The molecule has 0 spiro atoms. The van der Waals surface area contributed by atoms with Gasteiger partial charge < -0.3 is 19.4 Å². The second kappa shape index (κ2) is 19.7. The quantitative estimate of drug-likeness (QED) is 0.118. The Kier molecular flexibility index (Phi) is 13.1. The van der Waals surface area contributed by atoms with E-state index in [9.17, 15) is 17.6 Å². The summed E-state index contributed by atoms with van der Waals surface area (Å²) in [4.78, 5) is 42.7. The zero-order valence-electron chi connectivity index (χ0n) is 42.3. The molecule has 4 aliphatic rings. The molecule has 4 saturated heterocycles. The number of benzene rings is 2. The fourth-order valence-electron chi connectivity index (χ4n) is 11.5. The molecule has 6 aromatic heterocycles. The molecule has 4 fully saturated rings. The SMILES string of the molecule is Cc1nc2c(F)cc(-c3cc(Cc4ncc(CN5C[C@@H]6CN(C)[C@@H]6C5)cn4)ncc3F)cc2n1C(C)C.Cc1nc2c(F)cc(-c3cc(Cc4ncc(CN5C[C@@H]6CN[C@@H]6C5)cn4)ncc3F)cc2n1C(C)C. The number of rotatable bonds is 12. The lowest BCUT2D eigenvalue weighted by molar-refractivity contribution is 0.0825. The summed E-state index contributed by atoms with van der Waals surface area (Å²) >= 11 is 0. The molecule has 4 atom stereocenters. The molecule has 0 aliphatic carbocycles. The topological polar surface area (TPSA) is 135 Å². The number of likely N-dealkylation sites (tertiary alicyclic amines) is 3. The standard InChI is InChI=1S/C28H31F2N7.C27H29F2N7/c1-16(2)37-17(3)34-28-23(29)5-19(6-25(28)37)22-7-21(31-11-24(22)30)8-27-32-9-18(10-33-27)12-36-14-20-13-35(4)26(20)15-36;1-15(2)36-16(3)34-27-22(28)4-18(5-25(27)36)21-6-20(30-11-23(21)29)7-26-32-8-17(9-33-26)12-35-13-19-10-31-24(19)14-35/h5-7,9-11,16,20,26H,8,12-15H2,1-4H3;4-6,8-9,11,15,19,24,31H,7,10,12-14H2,1-3H3/t20-,26+;19-,24+/m00/s1. The van der Waals surface area contributed by atoms with E-state index in [1.165, 1.54) is 31.1 Å². The number of hydrogen-bond donors (Lipinski definition) is 1. The Hall–Kier alpha value is -6.60. The average molecular weight is 993 g/mol. The maximum Gasteiger partial charge on any atom is 0.151 e. The summed E-state index contributed by atoms with van der Waals surface area (Å²) in [5, 5.41) is 3.47. The highest BCUT2D eigenvalue weighted by molar-refractivity contribution is 5.85. The van der Waals surface area contributed by atoms with Gasteiger partial charge in [-0.2, -0.15) is 0 Å². The number of fused-ring (bicyclic) bond motifs is 4. The van der Waals surface area contributed by atoms with Crippen molar-refractivity contribution in [3.05, 3.63) is 143 Å². The Morgan fingerprint density at radius 2 is 1.01 bits per heavy atom. The van der Waals surface area contributed by atoms with Crippen molar-refractivity contribution < 1.29 is 17.6 Å². The number of halogens is 4. The van der Waals surface area contributed by atoms with Crippen molar-refractivity contribution in [2.75, 3.05) is 46.3 Å². The van der Waals surface area contributed by atoms with Crippen LogP contribution in [-0.4, -0.2) is 122 Å². The first-order valence-electron chi connectivity index (χ1n) is 25.3. The second-order valence-electron chi connectivity index (χ2n) is 21.0. The Labute approximate surface area is 422 Å². The third kappa shape index (κ3) is 9.73. The molecule has 0 saturated carbocycles. The van der Waals surface area contributed by atoms with Gasteiger partial charge in [0, 0.05) is 147 Å². The molecular weight excluding hydrogens is 933 g/mol. The van der Waals surface area contributed by atoms with Gasteiger partial charge in [-0.1, -0.05) is 0 Å². The minimum Gasteiger partial charge on any atom is -0.326 e. The van der Waals surface area contributed by atoms with E-state index in [2.05, 4.69) is 66.9 Å². The summed E-state index contributed by atoms with van der Waals surface area (Å²) in [5.74, 6) is 2.29. The van der Waals surface area contributed by atoms with Gasteiger partial charge in [0.2, 0.25) is 0 Å². The van der Waals surface area contributed by atoms with Crippen molar-refractivity contribution in [3.8, 4) is 22.3 Å². The van der Waals surface area contributed by atoms with Crippen LogP contribution in [0.1, 0.15) is 85.6 Å². The Bertz CT molecular complexity index is 3320. The zero-order chi connectivity index (χ0) is 50.8. The van der Waals surface area contributed by atoms with E-state index in [4.69, 9.17) is 0 Å². The first-order valence-corrected chi connectivity index (χ1v) is 25.3. The van der Waals surface area contributed by atoms with E-state index in [-0.39, 0.29) is 12.1 Å². The van der Waals surface area contributed by atoms with E-state index in [1.807, 2.05) is 75.5 Å². The van der Waals surface area contributed by atoms with E-state index >= 15 is 0 Å². The van der Waals surface area contributed by atoms with Crippen LogP contribution in [0, 0.1) is 49.0 Å². The van der Waals surface area contributed by atoms with Crippen molar-refractivity contribution in [1.29, 1.82) is 0 Å². The minimum absolute atomic E-state index is 0.0968. The van der Waals surface area contributed by atoms with Gasteiger partial charge in [-0.3, -0.25) is 19.8 Å². The number of imidazole rings is 2. The molecule has 4 aliphatic heterocycles. The average Bonchev–Trinajstić information content (AvgIpc) is 4.07. The van der Waals surface area contributed by atoms with Gasteiger partial charge in [-0.25, -0.2) is 47.5 Å². The van der Waals surface area contributed by atoms with Crippen molar-refractivity contribution in [1.82, 2.24) is 69.0 Å². The van der Waals surface area contributed by atoms with Gasteiger partial charge in [0.25, 0.3) is 0 Å². The molecular formula is C55H60F4N14. The number of aryl methyl sites for hydroxylation is 2. The van der Waals surface area contributed by atoms with Crippen LogP contribution >= 0.6 is 0 Å². The lowest BCUT2D eigenvalue weighted by Crippen LogP contribution is -2.52. The van der Waals surface area contributed by atoms with Gasteiger partial charge >= 0.3 is 0 Å². The fourth-order valence-corrected chi connectivity index (χ4v) is 11.5. The number of nitrogens with zero attached hydrogens (tertiary/aromatic N) is 13. The minimum atomic E-state index is -0.504. The molecule has 1 N–H and O–H groups in total. The van der Waals surface area contributed by atoms with E-state index in [0.717, 1.165) is 80.4 Å². The van der Waals surface area contributed by atoms with Crippen LogP contribution in [0.5, 0.6) is 0 Å². The van der Waals surface area contributed by atoms with Crippen LogP contribution in [-0.2, 0) is 25.9 Å². The molecule has 378 valence electrons. The van der Waals surface area contributed by atoms with Crippen molar-refractivity contribution in [2.24, 2.45) is 11.8 Å². The number of likely N-dealkylation sites (N-methyl/N-ethyl adjacent to an activating group) is 1. The van der Waals surface area contributed by atoms with Crippen LogP contribution in [0.15, 0.2) is 73.6 Å². The summed E-state index contributed by atoms with van der Waals surface area (Å²) in [6.07, 6.45) is 10.6. The highest BCUT2D eigenvalue weighted by atomic mass is 19.1. The lowest BCUT2D eigenvalue weighted by Gasteiger charge is -2.40. The molecule has 2 aromatic carbocycles. The van der Waals surface area contributed by atoms with Crippen molar-refractivity contribution >= 4 is 22.1 Å². The Morgan fingerprint density at radius 1 is 0.548 bits per heavy atom. The van der Waals surface area contributed by atoms with Crippen LogP contribution < -0.4 is 5.32 Å². The van der Waals surface area contributed by atoms with E-state index in [0.29, 0.717) is 92.3 Å². The van der Waals surface area contributed by atoms with Crippen LogP contribution in [0.3, 0.4) is 0 Å². The molecule has 12 rings (SSSR count). The highest BCUT2D eigenvalue weighted by Gasteiger charge is 2.43. The van der Waals surface area contributed by atoms with E-state index in [1.54, 1.807) is 24.3 Å². The molecule has 0 bridgehead atoms. The van der Waals surface area contributed by atoms with Gasteiger partial charge in [0.15, 0.2) is 11.6 Å². The molecule has 8 aromatic rings. The molecule has 14 nitrogen and oxygen atoms in total. The molecule has 10 heterocycles. The lowest BCUT2D eigenvalue weighted by atomic mass is 9.93. The summed E-state index contributed by atoms with van der Waals surface area (Å²) in [6.45, 7) is 20.2. The monoisotopic (exact) mass is 993 g/mol. The predicted molar refractivity (Wildman–Crippen MR) is 271 cm³/mol. The normalized spacial score (nSPS) is 19.9. The van der Waals surface area contributed by atoms with Crippen molar-refractivity contribution in [2.45, 2.75) is 91.6 Å². The molecule has 73 heavy (non-hydrogen) atoms. The maximum atomic E-state index is 15.0. The molecule has 0 radical (unpaired) electrons. The van der Waals surface area contributed by atoms with Gasteiger partial charge in [0.1, 0.15) is 46.0 Å². The second-order valence-corrected chi connectivity index (χ2v) is 21.0. The summed E-state index contributed by atoms with van der Waals surface area (Å²) in [5.41, 5.74) is 6.80. The molecule has 0 amide bonds. The number of nitrogens with one attached hydrogen (secondary N) is 1. The molecule has 18 heteroatoms. The van der Waals surface area contributed by atoms with Gasteiger partial charge in [-0.05, 0) is 96.1 Å². The maximum absolute atomic E-state index is 15.0. The fraction of sp³-hybridized carbons (Fsp3) is 0.418. The summed E-state index contributed by atoms with van der Waals surface area (Å²) in [6, 6.07) is 11.1. The van der Waals surface area contributed by atoms with Crippen molar-refractivity contribution in [3.63, 3.8) is 0 Å². The first kappa shape index (κ1) is 48.7. The number of aromatic nitrogens is 10. The number of pyridine rings is 2. The summed E-state index contributed by atoms with van der Waals surface area (Å²) < 4.78 is 63.6. The first-order chi connectivity index (χ1) is 35.1. The zero-order valence-corrected chi connectivity index (χ0v) is 42.3. The van der Waals surface area contributed by atoms with Crippen LogP contribution in [0.25, 0.3) is 44.3 Å². The smallest absolute Gasteiger partial charge is 0.151 e. The Morgan fingerprint density at radius 3 is 1.41 bits per heavy atom. The largest absolute Gasteiger partial charge is 0.326 e. The van der Waals surface area contributed by atoms with Crippen LogP contribution in [0.2, 0.25) is 0 Å². The summed E-state index contributed by atoms with van der Waals surface area (Å²) in [7, 11) is 2.19. The van der Waals surface area contributed by atoms with E-state index < -0.39 is 23.3 Å². The third-order valence-electron chi connectivity index (χ3n) is 15.1. The van der Waals surface area contributed by atoms with Crippen LogP contribution in [0.4, 0.5) is 17.6 Å². The number of hydrogen-bond acceptors (Lipinski definition) is 12.